The Morgan fingerprint density at radius 2 is 1.53 bits per heavy atom. The van der Waals surface area contributed by atoms with E-state index in [0.717, 1.165) is 4.31 Å². The Morgan fingerprint density at radius 3 is 2.11 bits per heavy atom. The Balaban J connectivity index is 2.64. The highest BCUT2D eigenvalue weighted by molar-refractivity contribution is 7.88. The van der Waals surface area contributed by atoms with Gasteiger partial charge in [0, 0.05) is 0 Å². The first-order chi connectivity index (χ1) is 9.06. The molecule has 19 heavy (non-hydrogen) atoms. The molecule has 0 aromatic heterocycles. The van der Waals surface area contributed by atoms with E-state index in [0.29, 0.717) is 11.4 Å². The van der Waals surface area contributed by atoms with Crippen LogP contribution < -0.4 is 15.9 Å². The van der Waals surface area contributed by atoms with E-state index in [1.165, 1.54) is 0 Å². The van der Waals surface area contributed by atoms with Gasteiger partial charge in [-0.1, -0.05) is 30.3 Å². The minimum Gasteiger partial charge on any atom is -0.397 e. The molecule has 0 heterocycles. The first-order valence-corrected chi connectivity index (χ1v) is 6.76. The molecule has 0 aliphatic rings. The van der Waals surface area contributed by atoms with E-state index in [1.54, 1.807) is 54.6 Å². The summed E-state index contributed by atoms with van der Waals surface area (Å²) in [4.78, 5) is 0. The second-order valence-electron chi connectivity index (χ2n) is 3.71. The van der Waals surface area contributed by atoms with Gasteiger partial charge in [-0.3, -0.25) is 0 Å². The van der Waals surface area contributed by atoms with E-state index >= 15 is 0 Å². The molecule has 2 aromatic rings. The van der Waals surface area contributed by atoms with E-state index in [2.05, 4.69) is 4.28 Å². The van der Waals surface area contributed by atoms with Crippen LogP contribution in [0, 0.1) is 0 Å². The number of anilines is 3. The van der Waals surface area contributed by atoms with E-state index in [9.17, 15) is 8.42 Å². The molecule has 0 saturated carbocycles. The third kappa shape index (κ3) is 2.68. The molecule has 2 rings (SSSR count). The summed E-state index contributed by atoms with van der Waals surface area (Å²) in [5.74, 6) is 4.86. The van der Waals surface area contributed by atoms with Crippen LogP contribution in [0.3, 0.4) is 0 Å². The number of rotatable bonds is 4. The molecule has 0 aliphatic heterocycles. The first kappa shape index (κ1) is 13.3. The minimum absolute atomic E-state index is 0.277. The van der Waals surface area contributed by atoms with Crippen molar-refractivity contribution in [2.75, 3.05) is 10.0 Å². The summed E-state index contributed by atoms with van der Waals surface area (Å²) >= 11 is 0. The number of para-hydroxylation sites is 3. The quantitative estimate of drug-likeness (QED) is 0.653. The Morgan fingerprint density at radius 1 is 0.947 bits per heavy atom. The summed E-state index contributed by atoms with van der Waals surface area (Å²) in [5, 5.41) is 0. The van der Waals surface area contributed by atoms with Crippen molar-refractivity contribution < 1.29 is 12.7 Å². The van der Waals surface area contributed by atoms with Gasteiger partial charge in [0.15, 0.2) is 0 Å². The maximum atomic E-state index is 12.0. The molecule has 100 valence electrons. The largest absolute Gasteiger partial charge is 0.397 e. The lowest BCUT2D eigenvalue weighted by molar-refractivity contribution is 0.333. The van der Waals surface area contributed by atoms with Gasteiger partial charge in [-0.2, -0.15) is 18.6 Å². The SMILES string of the molecule is NOS(=O)(=O)N(c1ccccc1)c1ccccc1N. The highest BCUT2D eigenvalue weighted by Gasteiger charge is 2.26. The lowest BCUT2D eigenvalue weighted by atomic mass is 10.2. The standard InChI is InChI=1S/C12H13N3O3S/c13-11-8-4-5-9-12(11)15(19(16,17)18-14)10-6-2-1-3-7-10/h1-9H,13-14H2. The van der Waals surface area contributed by atoms with Crippen molar-refractivity contribution in [3.63, 3.8) is 0 Å². The van der Waals surface area contributed by atoms with Gasteiger partial charge in [0.2, 0.25) is 0 Å². The van der Waals surface area contributed by atoms with Crippen molar-refractivity contribution in [2.24, 2.45) is 5.90 Å². The molecule has 0 unspecified atom stereocenters. The van der Waals surface area contributed by atoms with Crippen molar-refractivity contribution in [1.82, 2.24) is 0 Å². The molecular weight excluding hydrogens is 266 g/mol. The fraction of sp³-hybridized carbons (Fsp3) is 0. The number of nitrogen functional groups attached to an aromatic ring is 1. The number of nitrogens with two attached hydrogens (primary N) is 2. The number of benzene rings is 2. The molecule has 4 N–H and O–H groups in total. The Hall–Kier alpha value is -2.09. The predicted octanol–water partition coefficient (Wildman–Crippen LogP) is 1.54. The maximum Gasteiger partial charge on any atom is 0.382 e. The van der Waals surface area contributed by atoms with Crippen molar-refractivity contribution in [3.8, 4) is 0 Å². The number of nitrogens with zero attached hydrogens (tertiary/aromatic N) is 1. The number of hydrogen-bond donors (Lipinski definition) is 2. The highest BCUT2D eigenvalue weighted by Crippen LogP contribution is 2.32. The Kier molecular flexibility index (Phi) is 3.70. The van der Waals surface area contributed by atoms with Crippen LogP contribution in [-0.2, 0) is 14.6 Å². The smallest absolute Gasteiger partial charge is 0.382 e. The topological polar surface area (TPSA) is 98.6 Å². The molecule has 7 heteroatoms. The lowest BCUT2D eigenvalue weighted by Crippen LogP contribution is -2.30. The van der Waals surface area contributed by atoms with Gasteiger partial charge in [0.25, 0.3) is 0 Å². The molecule has 0 saturated heterocycles. The van der Waals surface area contributed by atoms with Crippen molar-refractivity contribution >= 4 is 27.4 Å². The zero-order valence-corrected chi connectivity index (χ0v) is 10.7. The zero-order valence-electron chi connectivity index (χ0n) is 9.93. The summed E-state index contributed by atoms with van der Waals surface area (Å²) in [6, 6.07) is 14.9. The van der Waals surface area contributed by atoms with Gasteiger partial charge >= 0.3 is 10.3 Å². The van der Waals surface area contributed by atoms with Gasteiger partial charge < -0.3 is 5.73 Å². The summed E-state index contributed by atoms with van der Waals surface area (Å²) < 4.78 is 29.0. The van der Waals surface area contributed by atoms with E-state index < -0.39 is 10.3 Å². The van der Waals surface area contributed by atoms with Gasteiger partial charge in [-0.05, 0) is 24.3 Å². The third-order valence-electron chi connectivity index (χ3n) is 2.49. The second kappa shape index (κ2) is 5.27. The van der Waals surface area contributed by atoms with Crippen LogP contribution in [0.2, 0.25) is 0 Å². The maximum absolute atomic E-state index is 12.0. The van der Waals surface area contributed by atoms with E-state index in [1.807, 2.05) is 0 Å². The molecular formula is C12H13N3O3S. The Bertz CT molecular complexity index is 659. The molecule has 0 radical (unpaired) electrons. The summed E-state index contributed by atoms with van der Waals surface area (Å²) in [7, 11) is -4.16. The van der Waals surface area contributed by atoms with Crippen LogP contribution in [-0.4, -0.2) is 8.42 Å². The van der Waals surface area contributed by atoms with Crippen LogP contribution in [0.1, 0.15) is 0 Å². The van der Waals surface area contributed by atoms with Crippen molar-refractivity contribution in [1.29, 1.82) is 0 Å². The molecule has 0 bridgehead atoms. The monoisotopic (exact) mass is 279 g/mol. The van der Waals surface area contributed by atoms with E-state index in [4.69, 9.17) is 11.6 Å². The number of hydrogen-bond acceptors (Lipinski definition) is 5. The highest BCUT2D eigenvalue weighted by atomic mass is 32.2. The molecule has 0 atom stereocenters. The van der Waals surface area contributed by atoms with Crippen molar-refractivity contribution in [3.05, 3.63) is 54.6 Å². The molecule has 6 nitrogen and oxygen atoms in total. The average Bonchev–Trinajstić information content (AvgIpc) is 2.42. The second-order valence-corrected chi connectivity index (χ2v) is 5.13. The predicted molar refractivity (Wildman–Crippen MR) is 73.6 cm³/mol. The van der Waals surface area contributed by atoms with Gasteiger partial charge in [-0.15, -0.1) is 0 Å². The van der Waals surface area contributed by atoms with Crippen LogP contribution in [0.4, 0.5) is 17.1 Å². The van der Waals surface area contributed by atoms with Crippen LogP contribution in [0.15, 0.2) is 54.6 Å². The molecule has 0 spiro atoms. The van der Waals surface area contributed by atoms with Crippen LogP contribution >= 0.6 is 0 Å². The Labute approximate surface area is 111 Å². The average molecular weight is 279 g/mol. The molecule has 0 aliphatic carbocycles. The fourth-order valence-corrected chi connectivity index (χ4v) is 2.54. The lowest BCUT2D eigenvalue weighted by Gasteiger charge is -2.23. The van der Waals surface area contributed by atoms with Crippen LogP contribution in [0.25, 0.3) is 0 Å². The van der Waals surface area contributed by atoms with Gasteiger partial charge in [-0.25, -0.2) is 4.31 Å². The van der Waals surface area contributed by atoms with Crippen LogP contribution in [0.5, 0.6) is 0 Å². The fourth-order valence-electron chi connectivity index (χ4n) is 1.67. The molecule has 0 amide bonds. The normalized spacial score (nSPS) is 11.2. The summed E-state index contributed by atoms with van der Waals surface area (Å²) in [6.07, 6.45) is 0. The zero-order chi connectivity index (χ0) is 13.9. The van der Waals surface area contributed by atoms with Crippen molar-refractivity contribution in [2.45, 2.75) is 0 Å². The van der Waals surface area contributed by atoms with E-state index in [-0.39, 0.29) is 5.69 Å². The third-order valence-corrected chi connectivity index (χ3v) is 3.59. The summed E-state index contributed by atoms with van der Waals surface area (Å²) in [5.41, 5.74) is 6.76. The molecule has 2 aromatic carbocycles. The summed E-state index contributed by atoms with van der Waals surface area (Å²) in [6.45, 7) is 0. The van der Waals surface area contributed by atoms with Gasteiger partial charge in [0.05, 0.1) is 17.1 Å². The first-order valence-electron chi connectivity index (χ1n) is 5.39. The van der Waals surface area contributed by atoms with Gasteiger partial charge in [0.1, 0.15) is 0 Å². The minimum atomic E-state index is -4.16. The molecule has 0 fully saturated rings.